The molecule has 33 heavy (non-hydrogen) atoms. The molecule has 0 spiro atoms. The lowest BCUT2D eigenvalue weighted by atomic mass is 9.63. The molecule has 3 rings (SSSR count). The van der Waals surface area contributed by atoms with E-state index >= 15 is 0 Å². The summed E-state index contributed by atoms with van der Waals surface area (Å²) in [5.74, 6) is 0.311. The first-order valence-electron chi connectivity index (χ1n) is 12.7. The van der Waals surface area contributed by atoms with Crippen molar-refractivity contribution >= 4 is 23.2 Å². The highest BCUT2D eigenvalue weighted by Crippen LogP contribution is 2.49. The molecule has 1 fully saturated rings. The lowest BCUT2D eigenvalue weighted by Crippen LogP contribution is -2.41. The maximum absolute atomic E-state index is 10.7. The maximum Gasteiger partial charge on any atom is 0.0879 e. The second kappa shape index (κ2) is 12.8. The van der Waals surface area contributed by atoms with E-state index in [1.54, 1.807) is 0 Å². The van der Waals surface area contributed by atoms with Crippen molar-refractivity contribution in [2.75, 3.05) is 13.1 Å². The first kappa shape index (κ1) is 26.1. The molecule has 0 saturated heterocycles. The monoisotopic (exact) mass is 484 g/mol. The molecule has 0 bridgehead atoms. The molecule has 0 aliphatic heterocycles. The number of hydrogen-bond donors (Lipinski definition) is 0. The summed E-state index contributed by atoms with van der Waals surface area (Å²) in [7, 11) is 0. The molecule has 0 aromatic heterocycles. The van der Waals surface area contributed by atoms with Crippen molar-refractivity contribution in [2.45, 2.75) is 83.1 Å². The van der Waals surface area contributed by atoms with Gasteiger partial charge in [0, 0.05) is 28.2 Å². The van der Waals surface area contributed by atoms with Crippen LogP contribution in [0.25, 0.3) is 0 Å². The molecule has 2 atom stereocenters. The maximum atomic E-state index is 10.7. The number of nitrogens with zero attached hydrogens (tertiary/aromatic N) is 2. The van der Waals surface area contributed by atoms with Crippen LogP contribution in [-0.4, -0.2) is 24.0 Å². The molecule has 2 aromatic carbocycles. The Morgan fingerprint density at radius 2 is 1.67 bits per heavy atom. The summed E-state index contributed by atoms with van der Waals surface area (Å²) in [4.78, 5) is 2.59. The number of rotatable bonds is 11. The fourth-order valence-electron chi connectivity index (χ4n) is 5.81. The van der Waals surface area contributed by atoms with Crippen molar-refractivity contribution in [3.8, 4) is 6.07 Å². The van der Waals surface area contributed by atoms with Gasteiger partial charge in [-0.2, -0.15) is 5.26 Å². The van der Waals surface area contributed by atoms with Gasteiger partial charge in [-0.25, -0.2) is 0 Å². The van der Waals surface area contributed by atoms with Crippen molar-refractivity contribution in [1.82, 2.24) is 4.90 Å². The number of benzene rings is 2. The van der Waals surface area contributed by atoms with Crippen molar-refractivity contribution in [1.29, 1.82) is 5.26 Å². The van der Waals surface area contributed by atoms with E-state index in [9.17, 15) is 5.26 Å². The van der Waals surface area contributed by atoms with Gasteiger partial charge in [-0.1, -0.05) is 92.7 Å². The average Bonchev–Trinajstić information content (AvgIpc) is 2.85. The van der Waals surface area contributed by atoms with Crippen LogP contribution in [0.1, 0.15) is 76.3 Å². The molecule has 0 heterocycles. The molecule has 178 valence electrons. The van der Waals surface area contributed by atoms with Gasteiger partial charge < -0.3 is 4.90 Å². The molecule has 0 N–H and O–H groups in total. The van der Waals surface area contributed by atoms with Crippen LogP contribution in [0, 0.1) is 17.2 Å². The molecule has 1 saturated carbocycles. The SMILES string of the molecule is CCC(CCC(C#N)(c1c(Cl)cccc1Cl)C1CCCCC1)N(CC)CCc1ccccc1. The minimum Gasteiger partial charge on any atom is -0.300 e. The molecule has 0 amide bonds. The quantitative estimate of drug-likeness (QED) is 0.319. The average molecular weight is 486 g/mol. The summed E-state index contributed by atoms with van der Waals surface area (Å²) < 4.78 is 0. The highest BCUT2D eigenvalue weighted by atomic mass is 35.5. The molecule has 4 heteroatoms. The molecule has 2 nitrogen and oxygen atoms in total. The van der Waals surface area contributed by atoms with E-state index in [1.165, 1.54) is 24.8 Å². The van der Waals surface area contributed by atoms with Crippen LogP contribution >= 0.6 is 23.2 Å². The Morgan fingerprint density at radius 1 is 1.00 bits per heavy atom. The van der Waals surface area contributed by atoms with E-state index in [2.05, 4.69) is 55.1 Å². The Balaban J connectivity index is 1.83. The van der Waals surface area contributed by atoms with Gasteiger partial charge >= 0.3 is 0 Å². The van der Waals surface area contributed by atoms with Crippen LogP contribution in [0.3, 0.4) is 0 Å². The molecule has 2 unspecified atom stereocenters. The van der Waals surface area contributed by atoms with E-state index in [1.807, 2.05) is 18.2 Å². The predicted molar refractivity (Wildman–Crippen MR) is 141 cm³/mol. The highest BCUT2D eigenvalue weighted by Gasteiger charge is 2.44. The molecule has 0 radical (unpaired) electrons. The Kier molecular flexibility index (Phi) is 10.1. The van der Waals surface area contributed by atoms with Crippen molar-refractivity contribution < 1.29 is 0 Å². The fourth-order valence-corrected chi connectivity index (χ4v) is 6.55. The fraction of sp³-hybridized carbons (Fsp3) is 0.552. The minimum atomic E-state index is -0.623. The highest BCUT2D eigenvalue weighted by molar-refractivity contribution is 6.36. The van der Waals surface area contributed by atoms with Crippen LogP contribution in [0.15, 0.2) is 48.5 Å². The van der Waals surface area contributed by atoms with Crippen molar-refractivity contribution in [3.63, 3.8) is 0 Å². The third kappa shape index (κ3) is 6.33. The van der Waals surface area contributed by atoms with Gasteiger partial charge in [0.05, 0.1) is 11.5 Å². The van der Waals surface area contributed by atoms with Crippen LogP contribution in [-0.2, 0) is 11.8 Å². The van der Waals surface area contributed by atoms with Crippen LogP contribution in [0.2, 0.25) is 10.0 Å². The second-order valence-corrected chi connectivity index (χ2v) is 10.3. The summed E-state index contributed by atoms with van der Waals surface area (Å²) in [6, 6.07) is 19.6. The van der Waals surface area contributed by atoms with E-state index in [-0.39, 0.29) is 0 Å². The molecular weight excluding hydrogens is 447 g/mol. The van der Waals surface area contributed by atoms with Gasteiger partial charge in [-0.05, 0) is 68.7 Å². The third-order valence-electron chi connectivity index (χ3n) is 7.71. The largest absolute Gasteiger partial charge is 0.300 e. The van der Waals surface area contributed by atoms with Gasteiger partial charge in [0.2, 0.25) is 0 Å². The summed E-state index contributed by atoms with van der Waals surface area (Å²) in [6.07, 6.45) is 9.70. The van der Waals surface area contributed by atoms with E-state index < -0.39 is 5.41 Å². The normalized spacial score (nSPS) is 17.5. The zero-order valence-corrected chi connectivity index (χ0v) is 21.7. The molecular formula is C29H38Cl2N2. The number of hydrogen-bond acceptors (Lipinski definition) is 2. The second-order valence-electron chi connectivity index (χ2n) is 9.48. The lowest BCUT2D eigenvalue weighted by Gasteiger charge is -2.41. The molecule has 2 aromatic rings. The molecule has 1 aliphatic rings. The smallest absolute Gasteiger partial charge is 0.0879 e. The van der Waals surface area contributed by atoms with Gasteiger partial charge in [0.25, 0.3) is 0 Å². The summed E-state index contributed by atoms with van der Waals surface area (Å²) in [5, 5.41) is 12.0. The van der Waals surface area contributed by atoms with Crippen molar-refractivity contribution in [3.05, 3.63) is 69.7 Å². The first-order valence-corrected chi connectivity index (χ1v) is 13.4. The Bertz CT molecular complexity index is 881. The van der Waals surface area contributed by atoms with Gasteiger partial charge in [-0.3, -0.25) is 0 Å². The van der Waals surface area contributed by atoms with Gasteiger partial charge in [0.15, 0.2) is 0 Å². The van der Waals surface area contributed by atoms with Crippen LogP contribution in [0.5, 0.6) is 0 Å². The predicted octanol–water partition coefficient (Wildman–Crippen LogP) is 8.46. The Labute approximate surface area is 210 Å². The standard InChI is InChI=1S/C29H38Cl2N2/c1-3-25(33(4-2)21-19-23-12-7-5-8-13-23)18-20-29(22-32,24-14-9-6-10-15-24)28-26(30)16-11-17-27(28)31/h5,7-8,11-13,16-17,24-25H,3-4,6,9-10,14-15,18-21H2,1-2H3. The van der Waals surface area contributed by atoms with Gasteiger partial charge in [0.1, 0.15) is 0 Å². The minimum absolute atomic E-state index is 0.311. The Morgan fingerprint density at radius 3 is 2.24 bits per heavy atom. The summed E-state index contributed by atoms with van der Waals surface area (Å²) in [5.41, 5.74) is 1.62. The third-order valence-corrected chi connectivity index (χ3v) is 8.34. The lowest BCUT2D eigenvalue weighted by molar-refractivity contribution is 0.165. The van der Waals surface area contributed by atoms with E-state index in [0.717, 1.165) is 57.2 Å². The summed E-state index contributed by atoms with van der Waals surface area (Å²) >= 11 is 13.4. The van der Waals surface area contributed by atoms with Crippen molar-refractivity contribution in [2.24, 2.45) is 5.92 Å². The number of halogens is 2. The number of nitriles is 1. The van der Waals surface area contributed by atoms with E-state index in [0.29, 0.717) is 22.0 Å². The van der Waals surface area contributed by atoms with Gasteiger partial charge in [-0.15, -0.1) is 0 Å². The molecule has 1 aliphatic carbocycles. The summed E-state index contributed by atoms with van der Waals surface area (Å²) in [6.45, 7) is 6.57. The van der Waals surface area contributed by atoms with Crippen LogP contribution < -0.4 is 0 Å². The Hall–Kier alpha value is -1.53. The van der Waals surface area contributed by atoms with E-state index in [4.69, 9.17) is 23.2 Å². The first-order chi connectivity index (χ1) is 16.1. The zero-order valence-electron chi connectivity index (χ0n) is 20.2. The number of likely N-dealkylation sites (N-methyl/N-ethyl adjacent to an activating group) is 1. The van der Waals surface area contributed by atoms with Crippen LogP contribution in [0.4, 0.5) is 0 Å². The zero-order chi connectivity index (χ0) is 23.7. The topological polar surface area (TPSA) is 27.0 Å².